The molecule has 0 fully saturated rings. The number of rotatable bonds is 7. The van der Waals surface area contributed by atoms with Gasteiger partial charge in [0.25, 0.3) is 0 Å². The van der Waals surface area contributed by atoms with Crippen molar-refractivity contribution >= 4 is 11.6 Å². The van der Waals surface area contributed by atoms with E-state index in [0.717, 1.165) is 35.8 Å². The van der Waals surface area contributed by atoms with Crippen molar-refractivity contribution in [2.45, 2.75) is 58.7 Å². The maximum Gasteiger partial charge on any atom is 0.0850 e. The molecular weight excluding hydrogens is 272 g/mol. The number of hydrogen-bond acceptors (Lipinski definition) is 3. The number of aromatic nitrogens is 2. The highest BCUT2D eigenvalue weighted by molar-refractivity contribution is 6.31. The first kappa shape index (κ1) is 17.5. The fourth-order valence-corrected chi connectivity index (χ4v) is 2.77. The molecule has 20 heavy (non-hydrogen) atoms. The molecule has 0 aliphatic carbocycles. The van der Waals surface area contributed by atoms with Gasteiger partial charge in [-0.1, -0.05) is 18.5 Å². The zero-order valence-electron chi connectivity index (χ0n) is 13.9. The van der Waals surface area contributed by atoms with Gasteiger partial charge in [-0.15, -0.1) is 0 Å². The Bertz CT molecular complexity index is 437. The molecular formula is C15H29ClN4. The Kier molecular flexibility index (Phi) is 6.05. The van der Waals surface area contributed by atoms with Crippen molar-refractivity contribution < 1.29 is 0 Å². The largest absolute Gasteiger partial charge is 0.315 e. The smallest absolute Gasteiger partial charge is 0.0850 e. The first-order chi connectivity index (χ1) is 9.29. The summed E-state index contributed by atoms with van der Waals surface area (Å²) in [6.07, 6.45) is 1.75. The fourth-order valence-electron chi connectivity index (χ4n) is 2.42. The monoisotopic (exact) mass is 300 g/mol. The predicted octanol–water partition coefficient (Wildman–Crippen LogP) is 2.59. The van der Waals surface area contributed by atoms with E-state index in [9.17, 15) is 0 Å². The van der Waals surface area contributed by atoms with Crippen LogP contribution < -0.4 is 5.32 Å². The minimum atomic E-state index is 0.0350. The van der Waals surface area contributed by atoms with E-state index < -0.39 is 0 Å². The summed E-state index contributed by atoms with van der Waals surface area (Å²) in [5.74, 6) is 0. The standard InChI is InChI=1S/C15H29ClN4/c1-8-11-14(16)12(20(9-2)18-11)10-13(17-5)15(3,4)19(6)7/h13,17H,8-10H2,1-7H3. The summed E-state index contributed by atoms with van der Waals surface area (Å²) in [6.45, 7) is 9.55. The van der Waals surface area contributed by atoms with E-state index >= 15 is 0 Å². The Hall–Kier alpha value is -0.580. The summed E-state index contributed by atoms with van der Waals surface area (Å²) in [5.41, 5.74) is 2.18. The summed E-state index contributed by atoms with van der Waals surface area (Å²) in [5, 5.41) is 8.88. The Labute approximate surface area is 128 Å². The van der Waals surface area contributed by atoms with Crippen LogP contribution in [-0.4, -0.2) is 47.4 Å². The lowest BCUT2D eigenvalue weighted by Crippen LogP contribution is -2.55. The first-order valence-electron chi connectivity index (χ1n) is 7.38. The van der Waals surface area contributed by atoms with E-state index in [4.69, 9.17) is 11.6 Å². The lowest BCUT2D eigenvalue weighted by Gasteiger charge is -2.40. The molecule has 0 radical (unpaired) electrons. The van der Waals surface area contributed by atoms with Crippen LogP contribution >= 0.6 is 11.6 Å². The molecule has 5 heteroatoms. The van der Waals surface area contributed by atoms with E-state index in [0.29, 0.717) is 6.04 Å². The molecule has 116 valence electrons. The average molecular weight is 301 g/mol. The van der Waals surface area contributed by atoms with Crippen molar-refractivity contribution in [3.05, 3.63) is 16.4 Å². The van der Waals surface area contributed by atoms with Gasteiger partial charge < -0.3 is 10.2 Å². The number of halogens is 1. The van der Waals surface area contributed by atoms with Gasteiger partial charge in [-0.3, -0.25) is 4.68 Å². The quantitative estimate of drug-likeness (QED) is 0.840. The van der Waals surface area contributed by atoms with E-state index in [1.807, 2.05) is 11.7 Å². The summed E-state index contributed by atoms with van der Waals surface area (Å²) in [4.78, 5) is 2.25. The van der Waals surface area contributed by atoms with Gasteiger partial charge in [0, 0.05) is 24.5 Å². The van der Waals surface area contributed by atoms with Crippen molar-refractivity contribution in [2.24, 2.45) is 0 Å². The molecule has 0 saturated heterocycles. The van der Waals surface area contributed by atoms with Crippen LogP contribution in [0, 0.1) is 0 Å². The summed E-state index contributed by atoms with van der Waals surface area (Å²) >= 11 is 6.51. The third-order valence-electron chi connectivity index (χ3n) is 4.45. The van der Waals surface area contributed by atoms with Gasteiger partial charge in [0.1, 0.15) is 0 Å². The lowest BCUT2D eigenvalue weighted by atomic mass is 9.89. The van der Waals surface area contributed by atoms with Crippen LogP contribution in [0.3, 0.4) is 0 Å². The molecule has 0 aromatic carbocycles. The Morgan fingerprint density at radius 3 is 2.35 bits per heavy atom. The SMILES string of the molecule is CCc1nn(CC)c(CC(NC)C(C)(C)N(C)C)c1Cl. The molecule has 1 N–H and O–H groups in total. The molecule has 1 aromatic heterocycles. The van der Waals surface area contributed by atoms with E-state index in [1.54, 1.807) is 0 Å². The van der Waals surface area contributed by atoms with Crippen molar-refractivity contribution in [1.82, 2.24) is 20.0 Å². The summed E-state index contributed by atoms with van der Waals surface area (Å²) < 4.78 is 2.04. The molecule has 1 atom stereocenters. The number of nitrogens with one attached hydrogen (secondary N) is 1. The lowest BCUT2D eigenvalue weighted by molar-refractivity contribution is 0.140. The van der Waals surface area contributed by atoms with Gasteiger partial charge >= 0.3 is 0 Å². The third kappa shape index (κ3) is 3.35. The van der Waals surface area contributed by atoms with Crippen LogP contribution in [-0.2, 0) is 19.4 Å². The molecule has 0 spiro atoms. The maximum absolute atomic E-state index is 6.51. The Balaban J connectivity index is 3.10. The molecule has 4 nitrogen and oxygen atoms in total. The molecule has 0 saturated carbocycles. The van der Waals surface area contributed by atoms with Gasteiger partial charge in [0.05, 0.1) is 16.4 Å². The van der Waals surface area contributed by atoms with Crippen LogP contribution in [0.1, 0.15) is 39.1 Å². The van der Waals surface area contributed by atoms with Crippen LogP contribution in [0.25, 0.3) is 0 Å². The zero-order chi connectivity index (χ0) is 15.5. The van der Waals surface area contributed by atoms with E-state index in [-0.39, 0.29) is 5.54 Å². The minimum Gasteiger partial charge on any atom is -0.315 e. The van der Waals surface area contributed by atoms with E-state index in [1.165, 1.54) is 0 Å². The molecule has 0 aliphatic heterocycles. The minimum absolute atomic E-state index is 0.0350. The highest BCUT2D eigenvalue weighted by Gasteiger charge is 2.32. The number of hydrogen-bond donors (Lipinski definition) is 1. The van der Waals surface area contributed by atoms with Gasteiger partial charge in [-0.2, -0.15) is 5.10 Å². The van der Waals surface area contributed by atoms with Gasteiger partial charge in [0.2, 0.25) is 0 Å². The normalized spacial score (nSPS) is 14.1. The third-order valence-corrected chi connectivity index (χ3v) is 4.88. The topological polar surface area (TPSA) is 33.1 Å². The van der Waals surface area contributed by atoms with Crippen LogP contribution in [0.4, 0.5) is 0 Å². The van der Waals surface area contributed by atoms with Gasteiger partial charge in [-0.25, -0.2) is 0 Å². The Morgan fingerprint density at radius 1 is 1.35 bits per heavy atom. The van der Waals surface area contributed by atoms with Gasteiger partial charge in [0.15, 0.2) is 0 Å². The Morgan fingerprint density at radius 2 is 1.95 bits per heavy atom. The van der Waals surface area contributed by atoms with Crippen molar-refractivity contribution in [3.8, 4) is 0 Å². The van der Waals surface area contributed by atoms with Crippen LogP contribution in [0.2, 0.25) is 5.02 Å². The molecule has 1 aromatic rings. The zero-order valence-corrected chi connectivity index (χ0v) is 14.7. The predicted molar refractivity (Wildman–Crippen MR) is 86.6 cm³/mol. The first-order valence-corrected chi connectivity index (χ1v) is 7.76. The number of nitrogens with zero attached hydrogens (tertiary/aromatic N) is 3. The second-order valence-corrected chi connectivity index (χ2v) is 6.35. The average Bonchev–Trinajstić information content (AvgIpc) is 2.71. The van der Waals surface area contributed by atoms with E-state index in [2.05, 4.69) is 57.1 Å². The highest BCUT2D eigenvalue weighted by Crippen LogP contribution is 2.26. The number of aryl methyl sites for hydroxylation is 2. The second-order valence-electron chi connectivity index (χ2n) is 5.97. The summed E-state index contributed by atoms with van der Waals surface area (Å²) in [7, 11) is 6.23. The molecule has 0 bridgehead atoms. The van der Waals surface area contributed by atoms with Crippen LogP contribution in [0.5, 0.6) is 0 Å². The maximum atomic E-state index is 6.51. The van der Waals surface area contributed by atoms with Crippen LogP contribution in [0.15, 0.2) is 0 Å². The molecule has 0 aliphatic rings. The molecule has 1 rings (SSSR count). The summed E-state index contributed by atoms with van der Waals surface area (Å²) in [6, 6.07) is 0.307. The fraction of sp³-hybridized carbons (Fsp3) is 0.800. The molecule has 1 heterocycles. The van der Waals surface area contributed by atoms with Crippen molar-refractivity contribution in [1.29, 1.82) is 0 Å². The van der Waals surface area contributed by atoms with Crippen molar-refractivity contribution in [3.63, 3.8) is 0 Å². The molecule has 0 amide bonds. The second kappa shape index (κ2) is 6.92. The van der Waals surface area contributed by atoms with Gasteiger partial charge in [-0.05, 0) is 48.3 Å². The number of likely N-dealkylation sites (N-methyl/N-ethyl adjacent to an activating group) is 2. The van der Waals surface area contributed by atoms with Crippen molar-refractivity contribution in [2.75, 3.05) is 21.1 Å². The highest BCUT2D eigenvalue weighted by atomic mass is 35.5. The molecule has 1 unspecified atom stereocenters.